The second-order valence-corrected chi connectivity index (χ2v) is 6.01. The van der Waals surface area contributed by atoms with E-state index >= 15 is 0 Å². The highest BCUT2D eigenvalue weighted by atomic mass is 19.1. The number of hydrogen-bond donors (Lipinski definition) is 0. The van der Waals surface area contributed by atoms with E-state index in [9.17, 15) is 4.39 Å². The van der Waals surface area contributed by atoms with Gasteiger partial charge in [-0.25, -0.2) is 9.37 Å². The molecule has 1 aliphatic heterocycles. The summed E-state index contributed by atoms with van der Waals surface area (Å²) in [6, 6.07) is 6.87. The fraction of sp³-hybridized carbons (Fsp3) is 0.471. The highest BCUT2D eigenvalue weighted by molar-refractivity contribution is 5.17. The number of hydrogen-bond acceptors (Lipinski definition) is 3. The van der Waals surface area contributed by atoms with E-state index in [0.717, 1.165) is 44.8 Å². The molecule has 0 aliphatic carbocycles. The van der Waals surface area contributed by atoms with Crippen LogP contribution < -0.4 is 0 Å². The molecule has 4 nitrogen and oxygen atoms in total. The van der Waals surface area contributed by atoms with E-state index in [4.69, 9.17) is 4.74 Å². The van der Waals surface area contributed by atoms with Crippen molar-refractivity contribution in [2.24, 2.45) is 13.0 Å². The summed E-state index contributed by atoms with van der Waals surface area (Å²) in [6.45, 7) is 4.24. The van der Waals surface area contributed by atoms with Gasteiger partial charge in [-0.2, -0.15) is 0 Å². The van der Waals surface area contributed by atoms with Gasteiger partial charge >= 0.3 is 0 Å². The lowest BCUT2D eigenvalue weighted by Gasteiger charge is -2.23. The molecule has 1 saturated heterocycles. The largest absolute Gasteiger partial charge is 0.380 e. The van der Waals surface area contributed by atoms with Crippen LogP contribution in [0.1, 0.15) is 11.3 Å². The van der Waals surface area contributed by atoms with Crippen molar-refractivity contribution in [3.05, 3.63) is 53.9 Å². The summed E-state index contributed by atoms with van der Waals surface area (Å²) in [5.74, 6) is 0.219. The van der Waals surface area contributed by atoms with Gasteiger partial charge < -0.3 is 9.30 Å². The number of rotatable bonds is 4. The van der Waals surface area contributed by atoms with Gasteiger partial charge in [-0.1, -0.05) is 12.1 Å². The van der Waals surface area contributed by atoms with Crippen molar-refractivity contribution in [3.8, 4) is 0 Å². The van der Waals surface area contributed by atoms with Crippen LogP contribution in [0.4, 0.5) is 4.39 Å². The predicted molar refractivity (Wildman–Crippen MR) is 82.9 cm³/mol. The molecule has 3 rings (SSSR count). The van der Waals surface area contributed by atoms with Crippen LogP contribution in [0.25, 0.3) is 0 Å². The molecule has 22 heavy (non-hydrogen) atoms. The zero-order valence-electron chi connectivity index (χ0n) is 12.9. The van der Waals surface area contributed by atoms with Crippen molar-refractivity contribution in [3.63, 3.8) is 0 Å². The molecule has 0 amide bonds. The summed E-state index contributed by atoms with van der Waals surface area (Å²) in [6.07, 6.45) is 4.58. The molecule has 1 aromatic heterocycles. The van der Waals surface area contributed by atoms with Crippen molar-refractivity contribution < 1.29 is 9.13 Å². The second-order valence-electron chi connectivity index (χ2n) is 6.01. The zero-order valence-corrected chi connectivity index (χ0v) is 12.9. The fourth-order valence-electron chi connectivity index (χ4n) is 2.98. The maximum Gasteiger partial charge on any atom is 0.123 e. The predicted octanol–water partition coefficient (Wildman–Crippen LogP) is 2.25. The first kappa shape index (κ1) is 15.2. The summed E-state index contributed by atoms with van der Waals surface area (Å²) in [4.78, 5) is 6.57. The molecular weight excluding hydrogens is 281 g/mol. The summed E-state index contributed by atoms with van der Waals surface area (Å²) < 4.78 is 21.1. The molecule has 1 fully saturated rings. The molecule has 5 heteroatoms. The maximum atomic E-state index is 13.3. The zero-order chi connectivity index (χ0) is 15.4. The van der Waals surface area contributed by atoms with E-state index in [0.29, 0.717) is 5.92 Å². The van der Waals surface area contributed by atoms with E-state index in [1.165, 1.54) is 11.8 Å². The van der Waals surface area contributed by atoms with E-state index in [-0.39, 0.29) is 5.82 Å². The van der Waals surface area contributed by atoms with E-state index in [1.807, 2.05) is 30.2 Å². The number of imidazole rings is 1. The van der Waals surface area contributed by atoms with Gasteiger partial charge in [0.25, 0.3) is 0 Å². The lowest BCUT2D eigenvalue weighted by atomic mass is 9.99. The van der Waals surface area contributed by atoms with Crippen LogP contribution in [0, 0.1) is 11.7 Å². The van der Waals surface area contributed by atoms with Gasteiger partial charge in [0.15, 0.2) is 0 Å². The van der Waals surface area contributed by atoms with Crippen LogP contribution in [-0.4, -0.2) is 40.8 Å². The SMILES string of the molecule is Cn1cncc1CN1CCOCC(Cc2cccc(F)c2)C1. The van der Waals surface area contributed by atoms with Crippen molar-refractivity contribution in [2.75, 3.05) is 26.3 Å². The minimum atomic E-state index is -0.168. The third-order valence-corrected chi connectivity index (χ3v) is 4.14. The van der Waals surface area contributed by atoms with Gasteiger partial charge in [-0.15, -0.1) is 0 Å². The summed E-state index contributed by atoms with van der Waals surface area (Å²) >= 11 is 0. The summed E-state index contributed by atoms with van der Waals surface area (Å²) in [5.41, 5.74) is 2.24. The Morgan fingerprint density at radius 3 is 3.09 bits per heavy atom. The lowest BCUT2D eigenvalue weighted by molar-refractivity contribution is 0.121. The van der Waals surface area contributed by atoms with Crippen molar-refractivity contribution in [2.45, 2.75) is 13.0 Å². The summed E-state index contributed by atoms with van der Waals surface area (Å²) in [5, 5.41) is 0. The second kappa shape index (κ2) is 7.03. The first-order chi connectivity index (χ1) is 10.7. The minimum Gasteiger partial charge on any atom is -0.380 e. The molecule has 0 radical (unpaired) electrons. The molecule has 1 aliphatic rings. The Labute approximate surface area is 130 Å². The molecule has 2 heterocycles. The Kier molecular flexibility index (Phi) is 4.85. The maximum absolute atomic E-state index is 13.3. The first-order valence-electron chi connectivity index (χ1n) is 7.70. The molecule has 1 atom stereocenters. The average Bonchev–Trinajstić information content (AvgIpc) is 2.76. The Bertz CT molecular complexity index is 613. The van der Waals surface area contributed by atoms with Gasteiger partial charge in [0.05, 0.1) is 25.2 Å². The molecule has 0 spiro atoms. The molecule has 1 unspecified atom stereocenters. The average molecular weight is 303 g/mol. The number of benzene rings is 1. The van der Waals surface area contributed by atoms with Crippen molar-refractivity contribution >= 4 is 0 Å². The third-order valence-electron chi connectivity index (χ3n) is 4.14. The van der Waals surface area contributed by atoms with Gasteiger partial charge in [-0.05, 0) is 30.0 Å². The van der Waals surface area contributed by atoms with Crippen LogP contribution in [0.3, 0.4) is 0 Å². The lowest BCUT2D eigenvalue weighted by Crippen LogP contribution is -2.31. The van der Waals surface area contributed by atoms with E-state index in [2.05, 4.69) is 9.88 Å². The number of aryl methyl sites for hydroxylation is 1. The molecule has 0 saturated carbocycles. The van der Waals surface area contributed by atoms with Crippen molar-refractivity contribution in [1.29, 1.82) is 0 Å². The van der Waals surface area contributed by atoms with Gasteiger partial charge in [0.1, 0.15) is 5.82 Å². The topological polar surface area (TPSA) is 30.3 Å². The molecule has 0 bridgehead atoms. The molecule has 118 valence electrons. The minimum absolute atomic E-state index is 0.168. The Balaban J connectivity index is 1.63. The Morgan fingerprint density at radius 2 is 2.32 bits per heavy atom. The summed E-state index contributed by atoms with van der Waals surface area (Å²) in [7, 11) is 2.01. The number of halogens is 1. The number of aromatic nitrogens is 2. The van der Waals surface area contributed by atoms with Crippen LogP contribution in [0.15, 0.2) is 36.8 Å². The van der Waals surface area contributed by atoms with Gasteiger partial charge in [0, 0.05) is 32.9 Å². The smallest absolute Gasteiger partial charge is 0.123 e. The number of nitrogens with zero attached hydrogens (tertiary/aromatic N) is 3. The van der Waals surface area contributed by atoms with Crippen LogP contribution in [-0.2, 0) is 24.8 Å². The third kappa shape index (κ3) is 3.93. The van der Waals surface area contributed by atoms with Crippen LogP contribution >= 0.6 is 0 Å². The van der Waals surface area contributed by atoms with Gasteiger partial charge in [0.2, 0.25) is 0 Å². The highest BCUT2D eigenvalue weighted by Crippen LogP contribution is 2.16. The molecule has 1 aromatic carbocycles. The molecule has 0 N–H and O–H groups in total. The standard InChI is InChI=1S/C17H22FN3O/c1-20-13-19-9-17(20)11-21-5-6-22-12-15(10-21)7-14-3-2-4-16(18)8-14/h2-4,8-9,13,15H,5-7,10-12H2,1H3. The van der Waals surface area contributed by atoms with E-state index < -0.39 is 0 Å². The Morgan fingerprint density at radius 1 is 1.41 bits per heavy atom. The van der Waals surface area contributed by atoms with Gasteiger partial charge in [-0.3, -0.25) is 4.90 Å². The number of ether oxygens (including phenoxy) is 1. The van der Waals surface area contributed by atoms with Crippen molar-refractivity contribution in [1.82, 2.24) is 14.5 Å². The normalized spacial score (nSPS) is 20.0. The highest BCUT2D eigenvalue weighted by Gasteiger charge is 2.20. The monoisotopic (exact) mass is 303 g/mol. The molecular formula is C17H22FN3O. The van der Waals surface area contributed by atoms with Crippen LogP contribution in [0.5, 0.6) is 0 Å². The Hall–Kier alpha value is -1.72. The fourth-order valence-corrected chi connectivity index (χ4v) is 2.98. The van der Waals surface area contributed by atoms with E-state index in [1.54, 1.807) is 12.1 Å². The van der Waals surface area contributed by atoms with Crippen LogP contribution in [0.2, 0.25) is 0 Å². The first-order valence-corrected chi connectivity index (χ1v) is 7.70. The molecule has 2 aromatic rings. The quantitative estimate of drug-likeness (QED) is 0.868.